The van der Waals surface area contributed by atoms with E-state index in [1.807, 2.05) is 30.3 Å². The largest absolute Gasteiger partial charge is 0.495 e. The minimum absolute atomic E-state index is 0.261. The molecule has 1 N–H and O–H groups in total. The summed E-state index contributed by atoms with van der Waals surface area (Å²) in [4.78, 5) is 16.5. The predicted molar refractivity (Wildman–Crippen MR) is 93.1 cm³/mol. The van der Waals surface area contributed by atoms with Gasteiger partial charge in [-0.2, -0.15) is 0 Å². The third-order valence-corrected chi connectivity index (χ3v) is 4.38. The van der Waals surface area contributed by atoms with Crippen molar-refractivity contribution in [2.75, 3.05) is 7.11 Å². The Hall–Kier alpha value is -2.40. The van der Waals surface area contributed by atoms with Gasteiger partial charge in [0.2, 0.25) is 0 Å². The molecule has 3 rings (SSSR count). The van der Waals surface area contributed by atoms with Crippen LogP contribution in [0.15, 0.2) is 46.9 Å². The van der Waals surface area contributed by atoms with Crippen molar-refractivity contribution in [3.63, 3.8) is 0 Å². The summed E-state index contributed by atoms with van der Waals surface area (Å²) in [6, 6.07) is 13.1. The molecule has 5 heteroatoms. The van der Waals surface area contributed by atoms with E-state index in [1.165, 1.54) is 0 Å². The first kappa shape index (κ1) is 15.5. The molecule has 1 heterocycles. The first-order chi connectivity index (χ1) is 11.0. The summed E-state index contributed by atoms with van der Waals surface area (Å²) in [6.07, 6.45) is 0. The first-order valence-electron chi connectivity index (χ1n) is 6.99. The molecule has 0 unspecified atom stereocenters. The minimum Gasteiger partial charge on any atom is -0.495 e. The molecular formula is C18H14BrNO3. The maximum Gasteiger partial charge on any atom is 0.336 e. The number of carbonyl (C=O) groups is 1. The summed E-state index contributed by atoms with van der Waals surface area (Å²) in [5.41, 5.74) is 3.05. The van der Waals surface area contributed by atoms with Gasteiger partial charge < -0.3 is 9.84 Å². The predicted octanol–water partition coefficient (Wildman–Crippen LogP) is 4.68. The van der Waals surface area contributed by atoms with Crippen LogP contribution in [0.5, 0.6) is 5.75 Å². The number of hydrogen-bond donors (Lipinski definition) is 1. The number of aromatic carboxylic acids is 1. The number of methoxy groups -OCH3 is 1. The fourth-order valence-corrected chi connectivity index (χ4v) is 3.17. The van der Waals surface area contributed by atoms with E-state index in [2.05, 4.69) is 20.9 Å². The molecule has 0 aliphatic heterocycles. The molecule has 0 spiro atoms. The van der Waals surface area contributed by atoms with Crippen molar-refractivity contribution in [3.05, 3.63) is 58.1 Å². The molecule has 0 aliphatic rings. The molecule has 3 aromatic rings. The molecule has 1 aromatic heterocycles. The van der Waals surface area contributed by atoms with Crippen LogP contribution in [0, 0.1) is 6.92 Å². The third kappa shape index (κ3) is 2.68. The van der Waals surface area contributed by atoms with Gasteiger partial charge in [0.1, 0.15) is 5.75 Å². The van der Waals surface area contributed by atoms with Gasteiger partial charge in [-0.15, -0.1) is 0 Å². The Labute approximate surface area is 141 Å². The normalized spacial score (nSPS) is 10.7. The van der Waals surface area contributed by atoms with Crippen LogP contribution in [-0.2, 0) is 0 Å². The fraction of sp³-hybridized carbons (Fsp3) is 0.111. The summed E-state index contributed by atoms with van der Waals surface area (Å²) in [7, 11) is 1.57. The van der Waals surface area contributed by atoms with Crippen molar-refractivity contribution >= 4 is 32.8 Å². The Kier molecular flexibility index (Phi) is 4.05. The SMILES string of the molecule is COc1cc2nc(-c3ccccc3)c(C)c(C(=O)O)c2cc1Br. The minimum atomic E-state index is -0.968. The number of pyridine rings is 1. The number of carboxylic acid groups (broad SMARTS) is 1. The second-order valence-corrected chi connectivity index (χ2v) is 5.99. The van der Waals surface area contributed by atoms with E-state index in [-0.39, 0.29) is 5.56 Å². The van der Waals surface area contributed by atoms with Crippen LogP contribution in [0.25, 0.3) is 22.2 Å². The molecule has 0 fully saturated rings. The van der Waals surface area contributed by atoms with Crippen molar-refractivity contribution in [2.45, 2.75) is 6.92 Å². The standard InChI is InChI=1S/C18H14BrNO3/c1-10-16(18(21)22)12-8-13(19)15(23-2)9-14(12)20-17(10)11-6-4-3-5-7-11/h3-9H,1-2H3,(H,21,22). The zero-order chi connectivity index (χ0) is 16.6. The highest BCUT2D eigenvalue weighted by Crippen LogP contribution is 2.35. The monoisotopic (exact) mass is 371 g/mol. The highest BCUT2D eigenvalue weighted by atomic mass is 79.9. The molecule has 0 atom stereocenters. The fourth-order valence-electron chi connectivity index (χ4n) is 2.67. The van der Waals surface area contributed by atoms with Crippen LogP contribution < -0.4 is 4.74 Å². The zero-order valence-corrected chi connectivity index (χ0v) is 14.2. The average molecular weight is 372 g/mol. The number of carboxylic acids is 1. The highest BCUT2D eigenvalue weighted by Gasteiger charge is 2.19. The van der Waals surface area contributed by atoms with Crippen molar-refractivity contribution in [3.8, 4) is 17.0 Å². The Morgan fingerprint density at radius 3 is 2.52 bits per heavy atom. The Morgan fingerprint density at radius 1 is 1.22 bits per heavy atom. The molecule has 0 aliphatic carbocycles. The van der Waals surface area contributed by atoms with Crippen molar-refractivity contribution in [1.29, 1.82) is 0 Å². The summed E-state index contributed by atoms with van der Waals surface area (Å²) in [6.45, 7) is 1.79. The second-order valence-electron chi connectivity index (χ2n) is 5.14. The van der Waals surface area contributed by atoms with Crippen molar-refractivity contribution in [1.82, 2.24) is 4.98 Å². The van der Waals surface area contributed by atoms with E-state index < -0.39 is 5.97 Å². The lowest BCUT2D eigenvalue weighted by atomic mass is 9.98. The highest BCUT2D eigenvalue weighted by molar-refractivity contribution is 9.10. The second kappa shape index (κ2) is 6.01. The van der Waals surface area contributed by atoms with Gasteiger partial charge in [0.05, 0.1) is 28.4 Å². The Balaban J connectivity index is 2.42. The Bertz CT molecular complexity index is 907. The van der Waals surface area contributed by atoms with Gasteiger partial charge in [0.15, 0.2) is 0 Å². The number of halogens is 1. The van der Waals surface area contributed by atoms with Crippen LogP contribution in [-0.4, -0.2) is 23.2 Å². The van der Waals surface area contributed by atoms with Crippen LogP contribution in [0.1, 0.15) is 15.9 Å². The topological polar surface area (TPSA) is 59.4 Å². The van der Waals surface area contributed by atoms with Gasteiger partial charge >= 0.3 is 5.97 Å². The number of ether oxygens (including phenoxy) is 1. The number of benzene rings is 2. The molecule has 23 heavy (non-hydrogen) atoms. The van der Waals surface area contributed by atoms with Gasteiger partial charge in [-0.3, -0.25) is 0 Å². The molecule has 116 valence electrons. The van der Waals surface area contributed by atoms with Gasteiger partial charge in [-0.25, -0.2) is 9.78 Å². The lowest BCUT2D eigenvalue weighted by Gasteiger charge is -2.13. The van der Waals surface area contributed by atoms with Crippen LogP contribution >= 0.6 is 15.9 Å². The van der Waals surface area contributed by atoms with Crippen LogP contribution in [0.2, 0.25) is 0 Å². The van der Waals surface area contributed by atoms with E-state index in [0.29, 0.717) is 32.4 Å². The summed E-state index contributed by atoms with van der Waals surface area (Å²) in [5, 5.41) is 10.3. The number of hydrogen-bond acceptors (Lipinski definition) is 3. The van der Waals surface area contributed by atoms with Gasteiger partial charge in [-0.1, -0.05) is 30.3 Å². The van der Waals surface area contributed by atoms with E-state index in [9.17, 15) is 9.90 Å². The molecule has 4 nitrogen and oxygen atoms in total. The number of fused-ring (bicyclic) bond motifs is 1. The van der Waals surface area contributed by atoms with Gasteiger partial charge in [0, 0.05) is 17.0 Å². The lowest BCUT2D eigenvalue weighted by Crippen LogP contribution is -2.05. The molecule has 0 bridgehead atoms. The summed E-state index contributed by atoms with van der Waals surface area (Å²) >= 11 is 3.40. The average Bonchev–Trinajstić information content (AvgIpc) is 2.54. The third-order valence-electron chi connectivity index (χ3n) is 3.76. The molecule has 0 saturated heterocycles. The maximum atomic E-state index is 11.8. The maximum absolute atomic E-state index is 11.8. The summed E-state index contributed by atoms with van der Waals surface area (Å²) < 4.78 is 5.99. The molecular weight excluding hydrogens is 358 g/mol. The van der Waals surface area contributed by atoms with Crippen LogP contribution in [0.3, 0.4) is 0 Å². The summed E-state index contributed by atoms with van der Waals surface area (Å²) in [5.74, 6) is -0.353. The molecule has 0 amide bonds. The van der Waals surface area contributed by atoms with E-state index >= 15 is 0 Å². The van der Waals surface area contributed by atoms with Crippen molar-refractivity contribution < 1.29 is 14.6 Å². The van der Waals surface area contributed by atoms with Gasteiger partial charge in [0.25, 0.3) is 0 Å². The smallest absolute Gasteiger partial charge is 0.336 e. The van der Waals surface area contributed by atoms with Crippen molar-refractivity contribution in [2.24, 2.45) is 0 Å². The van der Waals surface area contributed by atoms with E-state index in [1.54, 1.807) is 26.2 Å². The van der Waals surface area contributed by atoms with Crippen LogP contribution in [0.4, 0.5) is 0 Å². The number of rotatable bonds is 3. The van der Waals surface area contributed by atoms with E-state index in [0.717, 1.165) is 5.56 Å². The zero-order valence-electron chi connectivity index (χ0n) is 12.6. The number of aromatic nitrogens is 1. The number of nitrogens with zero attached hydrogens (tertiary/aromatic N) is 1. The molecule has 0 radical (unpaired) electrons. The first-order valence-corrected chi connectivity index (χ1v) is 7.78. The molecule has 0 saturated carbocycles. The van der Waals surface area contributed by atoms with E-state index in [4.69, 9.17) is 4.74 Å². The molecule has 2 aromatic carbocycles. The quantitative estimate of drug-likeness (QED) is 0.725. The van der Waals surface area contributed by atoms with Gasteiger partial charge in [-0.05, 0) is 34.5 Å². The Morgan fingerprint density at radius 2 is 1.91 bits per heavy atom. The lowest BCUT2D eigenvalue weighted by molar-refractivity contribution is 0.0698.